The number of aromatic nitrogens is 3. The average Bonchev–Trinajstić information content (AvgIpc) is 3.35. The molecule has 0 radical (unpaired) electrons. The molecule has 0 fully saturated rings. The molecule has 1 aromatic carbocycles. The van der Waals surface area contributed by atoms with E-state index in [-0.39, 0.29) is 4.88 Å². The molecule has 2 heterocycles. The number of hydrogen-bond donors (Lipinski definition) is 0. The molecule has 0 atom stereocenters. The van der Waals surface area contributed by atoms with Crippen molar-refractivity contribution < 1.29 is 8.78 Å². The molecule has 8 heteroatoms. The fraction of sp³-hybridized carbons (Fsp3) is 0.273. The maximum Gasteiger partial charge on any atom is 0.274 e. The number of imidazole rings is 1. The normalized spacial score (nSPS) is 12.1. The summed E-state index contributed by atoms with van der Waals surface area (Å²) in [5, 5.41) is 1.11. The number of thiazole rings is 1. The number of rotatable bonds is 7. The average molecular weight is 468 g/mol. The molecule has 0 N–H and O–H groups in total. The largest absolute Gasteiger partial charge is 0.303 e. The van der Waals surface area contributed by atoms with E-state index in [9.17, 15) is 8.78 Å². The highest BCUT2D eigenvalue weighted by Crippen LogP contribution is 2.32. The van der Waals surface area contributed by atoms with Gasteiger partial charge in [0, 0.05) is 34.3 Å². The van der Waals surface area contributed by atoms with Gasteiger partial charge in [-0.1, -0.05) is 55.8 Å². The van der Waals surface area contributed by atoms with Crippen LogP contribution in [0, 0.1) is 6.92 Å². The molecule has 0 amide bonds. The summed E-state index contributed by atoms with van der Waals surface area (Å²) >= 11 is 8.70. The summed E-state index contributed by atoms with van der Waals surface area (Å²) < 4.78 is 27.7. The van der Waals surface area contributed by atoms with E-state index in [4.69, 9.17) is 11.6 Å². The number of nitrogens with zero attached hydrogens (tertiary/aromatic N) is 3. The summed E-state index contributed by atoms with van der Waals surface area (Å²) in [5.74, 6) is 1.32. The van der Waals surface area contributed by atoms with Crippen molar-refractivity contribution in [1.29, 1.82) is 0 Å². The van der Waals surface area contributed by atoms with Crippen LogP contribution in [0.25, 0.3) is 17.0 Å². The SMILES string of the molecule is C/C(Cl)=C\C(=C/n1cc(C)nc1-c1ncc(C(F)F)s1)SCc1ccccc1.CC. The van der Waals surface area contributed by atoms with Gasteiger partial charge in [-0.3, -0.25) is 0 Å². The van der Waals surface area contributed by atoms with Crippen molar-refractivity contribution in [2.75, 3.05) is 0 Å². The van der Waals surface area contributed by atoms with E-state index in [1.165, 1.54) is 11.8 Å². The zero-order valence-electron chi connectivity index (χ0n) is 17.3. The van der Waals surface area contributed by atoms with Crippen molar-refractivity contribution in [3.05, 3.63) is 74.9 Å². The Hall–Kier alpha value is -1.96. The first kappa shape index (κ1) is 24.3. The van der Waals surface area contributed by atoms with Crippen LogP contribution in [-0.4, -0.2) is 14.5 Å². The second kappa shape index (κ2) is 12.0. The van der Waals surface area contributed by atoms with E-state index in [2.05, 4.69) is 22.1 Å². The van der Waals surface area contributed by atoms with Gasteiger partial charge in [0.1, 0.15) is 0 Å². The van der Waals surface area contributed by atoms with Gasteiger partial charge in [-0.25, -0.2) is 18.7 Å². The van der Waals surface area contributed by atoms with Crippen molar-refractivity contribution >= 4 is 40.9 Å². The number of alkyl halides is 2. The van der Waals surface area contributed by atoms with Crippen LogP contribution in [-0.2, 0) is 5.75 Å². The molecule has 0 bridgehead atoms. The molecule has 0 aliphatic heterocycles. The van der Waals surface area contributed by atoms with Crippen LogP contribution in [0.3, 0.4) is 0 Å². The zero-order chi connectivity index (χ0) is 22.1. The van der Waals surface area contributed by atoms with Gasteiger partial charge < -0.3 is 4.57 Å². The first-order chi connectivity index (χ1) is 14.4. The van der Waals surface area contributed by atoms with Crippen molar-refractivity contribution in [3.63, 3.8) is 0 Å². The van der Waals surface area contributed by atoms with Crippen LogP contribution in [0.5, 0.6) is 0 Å². The van der Waals surface area contributed by atoms with E-state index in [0.29, 0.717) is 15.9 Å². The molecule has 160 valence electrons. The van der Waals surface area contributed by atoms with E-state index in [1.54, 1.807) is 11.8 Å². The highest BCUT2D eigenvalue weighted by molar-refractivity contribution is 8.02. The lowest BCUT2D eigenvalue weighted by Crippen LogP contribution is -1.91. The van der Waals surface area contributed by atoms with Crippen LogP contribution in [0.4, 0.5) is 8.78 Å². The number of benzene rings is 1. The highest BCUT2D eigenvalue weighted by Gasteiger charge is 2.16. The lowest BCUT2D eigenvalue weighted by Gasteiger charge is -2.06. The van der Waals surface area contributed by atoms with E-state index >= 15 is 0 Å². The Kier molecular flexibility index (Phi) is 9.75. The van der Waals surface area contributed by atoms with Gasteiger partial charge in [-0.15, -0.1) is 23.1 Å². The standard InChI is InChI=1S/C20H18ClF2N3S2.C2H6/c1-13(21)8-16(27-12-15-6-4-3-5-7-15)11-26-10-14(2)25-19(26)20-24-9-17(28-20)18(22)23;1-2/h3-11,18H,12H2,1-2H3;1-2H3/b13-8+,16-11+;. The lowest BCUT2D eigenvalue weighted by atomic mass is 10.2. The number of thioether (sulfide) groups is 1. The van der Waals surface area contributed by atoms with E-state index in [1.807, 2.05) is 68.9 Å². The Morgan fingerprint density at radius 2 is 1.97 bits per heavy atom. The van der Waals surface area contributed by atoms with Crippen LogP contribution >= 0.6 is 34.7 Å². The maximum atomic E-state index is 12.9. The second-order valence-electron chi connectivity index (χ2n) is 6.02. The molecule has 2 aromatic heterocycles. The van der Waals surface area contributed by atoms with Crippen molar-refractivity contribution in [3.8, 4) is 10.8 Å². The van der Waals surface area contributed by atoms with Gasteiger partial charge in [0.05, 0.1) is 10.6 Å². The van der Waals surface area contributed by atoms with Gasteiger partial charge in [0.15, 0.2) is 10.8 Å². The summed E-state index contributed by atoms with van der Waals surface area (Å²) in [5.41, 5.74) is 1.97. The first-order valence-electron chi connectivity index (χ1n) is 9.44. The van der Waals surface area contributed by atoms with Gasteiger partial charge in [-0.2, -0.15) is 0 Å². The van der Waals surface area contributed by atoms with E-state index < -0.39 is 6.43 Å². The minimum atomic E-state index is -2.54. The molecular weight excluding hydrogens is 444 g/mol. The van der Waals surface area contributed by atoms with Crippen molar-refractivity contribution in [1.82, 2.24) is 14.5 Å². The van der Waals surface area contributed by atoms with Crippen molar-refractivity contribution in [2.24, 2.45) is 0 Å². The summed E-state index contributed by atoms with van der Waals surface area (Å²) in [6.07, 6.45) is 4.29. The van der Waals surface area contributed by atoms with Crippen molar-refractivity contribution in [2.45, 2.75) is 39.9 Å². The van der Waals surface area contributed by atoms with Crippen LogP contribution in [0.1, 0.15) is 43.3 Å². The predicted molar refractivity (Wildman–Crippen MR) is 126 cm³/mol. The monoisotopic (exact) mass is 467 g/mol. The number of halogens is 3. The first-order valence-corrected chi connectivity index (χ1v) is 11.6. The van der Waals surface area contributed by atoms with Gasteiger partial charge in [0.2, 0.25) is 0 Å². The molecule has 0 aliphatic carbocycles. The Morgan fingerprint density at radius 1 is 1.27 bits per heavy atom. The van der Waals surface area contributed by atoms with Crippen LogP contribution in [0.15, 0.2) is 58.7 Å². The number of allylic oxidation sites excluding steroid dienone is 2. The second-order valence-corrected chi connectivity index (χ2v) is 8.73. The van der Waals surface area contributed by atoms with Gasteiger partial charge >= 0.3 is 0 Å². The van der Waals surface area contributed by atoms with E-state index in [0.717, 1.165) is 27.7 Å². The molecular formula is C22H24ClF2N3S2. The summed E-state index contributed by atoms with van der Waals surface area (Å²) in [7, 11) is 0. The maximum absolute atomic E-state index is 12.9. The number of hydrogen-bond acceptors (Lipinski definition) is 4. The minimum Gasteiger partial charge on any atom is -0.303 e. The van der Waals surface area contributed by atoms with Crippen LogP contribution in [0.2, 0.25) is 0 Å². The Bertz CT molecular complexity index is 991. The molecule has 0 saturated heterocycles. The Labute approximate surface area is 189 Å². The van der Waals surface area contributed by atoms with Gasteiger partial charge in [0.25, 0.3) is 6.43 Å². The topological polar surface area (TPSA) is 30.7 Å². The number of aryl methyl sites for hydroxylation is 1. The Balaban J connectivity index is 0.00000155. The fourth-order valence-electron chi connectivity index (χ4n) is 2.45. The predicted octanol–water partition coefficient (Wildman–Crippen LogP) is 8.15. The molecule has 3 rings (SSSR count). The summed E-state index contributed by atoms with van der Waals surface area (Å²) in [4.78, 5) is 9.45. The van der Waals surface area contributed by atoms with Gasteiger partial charge in [-0.05, 0) is 25.5 Å². The molecule has 0 saturated carbocycles. The summed E-state index contributed by atoms with van der Waals surface area (Å²) in [6.45, 7) is 7.67. The molecule has 30 heavy (non-hydrogen) atoms. The van der Waals surface area contributed by atoms with Crippen LogP contribution < -0.4 is 0 Å². The summed E-state index contributed by atoms with van der Waals surface area (Å²) in [6, 6.07) is 10.1. The smallest absolute Gasteiger partial charge is 0.274 e. The minimum absolute atomic E-state index is 0.0682. The third-order valence-corrected chi connectivity index (χ3v) is 5.78. The quantitative estimate of drug-likeness (QED) is 0.328. The molecule has 0 spiro atoms. The lowest BCUT2D eigenvalue weighted by molar-refractivity contribution is 0.155. The third kappa shape index (κ3) is 7.07. The zero-order valence-corrected chi connectivity index (χ0v) is 19.7. The third-order valence-electron chi connectivity index (χ3n) is 3.64. The molecule has 0 unspecified atom stereocenters. The molecule has 0 aliphatic rings. The molecule has 3 nitrogen and oxygen atoms in total. The fourth-order valence-corrected chi connectivity index (χ4v) is 4.38. The Morgan fingerprint density at radius 3 is 2.57 bits per heavy atom. The highest BCUT2D eigenvalue weighted by atomic mass is 35.5. The molecule has 3 aromatic rings.